The van der Waals surface area contributed by atoms with Gasteiger partial charge in [0.2, 0.25) is 5.91 Å². The first kappa shape index (κ1) is 22.3. The number of ether oxygens (including phenoxy) is 3. The molecule has 5 heteroatoms. The number of hydrogen-bond donors (Lipinski definition) is 1. The number of methoxy groups -OCH3 is 1. The second-order valence-corrected chi connectivity index (χ2v) is 6.49. The molecule has 0 spiro atoms. The smallest absolute Gasteiger partial charge is 0.249 e. The van der Waals surface area contributed by atoms with Gasteiger partial charge in [-0.1, -0.05) is 42.3 Å². The van der Waals surface area contributed by atoms with Crippen LogP contribution in [0.15, 0.2) is 48.5 Å². The fourth-order valence-electron chi connectivity index (χ4n) is 2.98. The maximum atomic E-state index is 12.5. The normalized spacial score (nSPS) is 11.3. The van der Waals surface area contributed by atoms with E-state index in [1.165, 1.54) is 5.56 Å². The van der Waals surface area contributed by atoms with Crippen LogP contribution in [-0.4, -0.2) is 38.9 Å². The summed E-state index contributed by atoms with van der Waals surface area (Å²) in [5.74, 6) is 3.58. The summed E-state index contributed by atoms with van der Waals surface area (Å²) in [5.41, 5.74) is 2.23. The fraction of sp³-hybridized carbons (Fsp3) is 0.375. The number of benzene rings is 2. The zero-order chi connectivity index (χ0) is 20.9. The second-order valence-electron chi connectivity index (χ2n) is 6.49. The van der Waals surface area contributed by atoms with Gasteiger partial charge in [-0.15, -0.1) is 6.42 Å². The molecule has 1 amide bonds. The molecule has 1 atom stereocenters. The van der Waals surface area contributed by atoms with Crippen LogP contribution in [-0.2, 0) is 22.4 Å². The number of carbonyl (C=O) groups is 1. The lowest BCUT2D eigenvalue weighted by Gasteiger charge is -2.17. The molecule has 2 aromatic rings. The van der Waals surface area contributed by atoms with E-state index < -0.39 is 6.10 Å². The standard InChI is InChI=1S/C24H29NO4/c1-4-17-29-21-13-12-20(18-23(21)27-3)15-16-25-24(26)22(28-5-2)14-11-19-9-7-6-8-10-19/h1,6-10,12-13,18,22H,5,11,14-17H2,2-3H3,(H,25,26). The molecule has 0 aliphatic rings. The zero-order valence-corrected chi connectivity index (χ0v) is 17.1. The van der Waals surface area contributed by atoms with Crippen LogP contribution in [0.3, 0.4) is 0 Å². The molecule has 0 saturated carbocycles. The third kappa shape index (κ3) is 7.52. The Morgan fingerprint density at radius 2 is 1.90 bits per heavy atom. The van der Waals surface area contributed by atoms with Crippen LogP contribution in [0.5, 0.6) is 11.5 Å². The molecule has 0 aliphatic carbocycles. The van der Waals surface area contributed by atoms with E-state index in [0.717, 1.165) is 12.0 Å². The summed E-state index contributed by atoms with van der Waals surface area (Å²) in [6.07, 6.45) is 6.90. The first-order valence-corrected chi connectivity index (χ1v) is 9.84. The highest BCUT2D eigenvalue weighted by Gasteiger charge is 2.18. The van der Waals surface area contributed by atoms with Crippen molar-refractivity contribution in [2.45, 2.75) is 32.3 Å². The van der Waals surface area contributed by atoms with Crippen LogP contribution < -0.4 is 14.8 Å². The molecule has 0 fully saturated rings. The highest BCUT2D eigenvalue weighted by atomic mass is 16.5. The number of rotatable bonds is 12. The molecule has 5 nitrogen and oxygen atoms in total. The Labute approximate surface area is 173 Å². The SMILES string of the molecule is C#CCOc1ccc(CCNC(=O)C(CCc2ccccc2)OCC)cc1OC. The average molecular weight is 395 g/mol. The largest absolute Gasteiger partial charge is 0.493 e. The molecular weight excluding hydrogens is 366 g/mol. The van der Waals surface area contributed by atoms with Crippen molar-refractivity contribution in [3.8, 4) is 23.8 Å². The first-order chi connectivity index (χ1) is 14.2. The second kappa shape index (κ2) is 12.5. The molecule has 0 saturated heterocycles. The van der Waals surface area contributed by atoms with E-state index in [-0.39, 0.29) is 12.5 Å². The van der Waals surface area contributed by atoms with Crippen LogP contribution in [0.2, 0.25) is 0 Å². The van der Waals surface area contributed by atoms with Gasteiger partial charge in [0.15, 0.2) is 11.5 Å². The van der Waals surface area contributed by atoms with Crippen LogP contribution in [0.1, 0.15) is 24.5 Å². The van der Waals surface area contributed by atoms with Gasteiger partial charge in [0.25, 0.3) is 0 Å². The van der Waals surface area contributed by atoms with Crippen molar-refractivity contribution in [1.29, 1.82) is 0 Å². The minimum Gasteiger partial charge on any atom is -0.493 e. The van der Waals surface area contributed by atoms with Crippen molar-refractivity contribution < 1.29 is 19.0 Å². The van der Waals surface area contributed by atoms with Crippen LogP contribution in [0.25, 0.3) is 0 Å². The Hall–Kier alpha value is -2.97. The summed E-state index contributed by atoms with van der Waals surface area (Å²) < 4.78 is 16.5. The lowest BCUT2D eigenvalue weighted by molar-refractivity contribution is -0.132. The molecule has 0 heterocycles. The predicted octanol–water partition coefficient (Wildman–Crippen LogP) is 3.40. The van der Waals surface area contributed by atoms with E-state index in [1.807, 2.05) is 43.3 Å². The molecule has 29 heavy (non-hydrogen) atoms. The predicted molar refractivity (Wildman–Crippen MR) is 114 cm³/mol. The van der Waals surface area contributed by atoms with Crippen LogP contribution in [0.4, 0.5) is 0 Å². The average Bonchev–Trinajstić information content (AvgIpc) is 2.76. The van der Waals surface area contributed by atoms with Gasteiger partial charge >= 0.3 is 0 Å². The number of carbonyl (C=O) groups excluding carboxylic acids is 1. The lowest BCUT2D eigenvalue weighted by atomic mass is 10.1. The molecule has 0 radical (unpaired) electrons. The third-order valence-electron chi connectivity index (χ3n) is 4.45. The zero-order valence-electron chi connectivity index (χ0n) is 17.1. The van der Waals surface area contributed by atoms with Crippen molar-refractivity contribution in [1.82, 2.24) is 5.32 Å². The summed E-state index contributed by atoms with van der Waals surface area (Å²) >= 11 is 0. The first-order valence-electron chi connectivity index (χ1n) is 9.84. The summed E-state index contributed by atoms with van der Waals surface area (Å²) in [6, 6.07) is 15.8. The number of terminal acetylenes is 1. The maximum absolute atomic E-state index is 12.5. The van der Waals surface area contributed by atoms with Gasteiger partial charge in [0.1, 0.15) is 12.7 Å². The van der Waals surface area contributed by atoms with Gasteiger partial charge in [0, 0.05) is 13.2 Å². The molecule has 1 N–H and O–H groups in total. The monoisotopic (exact) mass is 395 g/mol. The number of hydrogen-bond acceptors (Lipinski definition) is 4. The molecule has 154 valence electrons. The van der Waals surface area contributed by atoms with Gasteiger partial charge in [0.05, 0.1) is 7.11 Å². The van der Waals surface area contributed by atoms with E-state index in [9.17, 15) is 4.79 Å². The molecule has 2 rings (SSSR count). The van der Waals surface area contributed by atoms with Crippen molar-refractivity contribution in [3.63, 3.8) is 0 Å². The molecular formula is C24H29NO4. The minimum atomic E-state index is -0.450. The van der Waals surface area contributed by atoms with Crippen molar-refractivity contribution >= 4 is 5.91 Å². The maximum Gasteiger partial charge on any atom is 0.249 e. The fourth-order valence-corrected chi connectivity index (χ4v) is 2.98. The molecule has 1 unspecified atom stereocenters. The van der Waals surface area contributed by atoms with Gasteiger partial charge in [-0.05, 0) is 49.4 Å². The van der Waals surface area contributed by atoms with Gasteiger partial charge in [-0.3, -0.25) is 4.79 Å². The van der Waals surface area contributed by atoms with Gasteiger partial charge in [-0.2, -0.15) is 0 Å². The Kier molecular flexibility index (Phi) is 9.61. The van der Waals surface area contributed by atoms with Crippen LogP contribution in [0, 0.1) is 12.3 Å². The van der Waals surface area contributed by atoms with Crippen molar-refractivity contribution in [2.75, 3.05) is 26.9 Å². The van der Waals surface area contributed by atoms with E-state index in [2.05, 4.69) is 23.4 Å². The molecule has 2 aromatic carbocycles. The highest BCUT2D eigenvalue weighted by Crippen LogP contribution is 2.28. The number of nitrogens with one attached hydrogen (secondary N) is 1. The molecule has 0 bridgehead atoms. The third-order valence-corrected chi connectivity index (χ3v) is 4.45. The molecule has 0 aliphatic heterocycles. The Bertz CT molecular complexity index is 798. The number of amides is 1. The summed E-state index contributed by atoms with van der Waals surface area (Å²) in [6.45, 7) is 3.11. The Morgan fingerprint density at radius 1 is 1.10 bits per heavy atom. The van der Waals surface area contributed by atoms with Crippen molar-refractivity contribution in [3.05, 3.63) is 59.7 Å². The summed E-state index contributed by atoms with van der Waals surface area (Å²) in [4.78, 5) is 12.5. The van der Waals surface area contributed by atoms with E-state index in [4.69, 9.17) is 20.6 Å². The van der Waals surface area contributed by atoms with Crippen molar-refractivity contribution in [2.24, 2.45) is 0 Å². The van der Waals surface area contributed by atoms with Crippen LogP contribution >= 0.6 is 0 Å². The van der Waals surface area contributed by atoms with E-state index in [0.29, 0.717) is 37.5 Å². The van der Waals surface area contributed by atoms with E-state index >= 15 is 0 Å². The Morgan fingerprint density at radius 3 is 2.59 bits per heavy atom. The highest BCUT2D eigenvalue weighted by molar-refractivity contribution is 5.80. The lowest BCUT2D eigenvalue weighted by Crippen LogP contribution is -2.37. The van der Waals surface area contributed by atoms with Gasteiger partial charge in [-0.25, -0.2) is 0 Å². The topological polar surface area (TPSA) is 56.8 Å². The quantitative estimate of drug-likeness (QED) is 0.560. The minimum absolute atomic E-state index is 0.0799. The molecule has 0 aromatic heterocycles. The Balaban J connectivity index is 1.85. The van der Waals surface area contributed by atoms with E-state index in [1.54, 1.807) is 7.11 Å². The van der Waals surface area contributed by atoms with Gasteiger partial charge < -0.3 is 19.5 Å². The summed E-state index contributed by atoms with van der Waals surface area (Å²) in [5, 5.41) is 2.98. The number of aryl methyl sites for hydroxylation is 1. The summed E-state index contributed by atoms with van der Waals surface area (Å²) in [7, 11) is 1.59.